The highest BCUT2D eigenvalue weighted by Gasteiger charge is 2.49. The zero-order valence-electron chi connectivity index (χ0n) is 15.1. The first-order chi connectivity index (χ1) is 12.9. The van der Waals surface area contributed by atoms with E-state index in [0.29, 0.717) is 10.0 Å². The number of carbonyl (C=O) groups is 1. The van der Waals surface area contributed by atoms with E-state index in [9.17, 15) is 4.79 Å². The lowest BCUT2D eigenvalue weighted by Gasteiger charge is -2.41. The molecule has 2 nitrogen and oxygen atoms in total. The van der Waals surface area contributed by atoms with E-state index in [2.05, 4.69) is 13.8 Å². The highest BCUT2D eigenvalue weighted by atomic mass is 35.5. The van der Waals surface area contributed by atoms with E-state index < -0.39 is 5.54 Å². The lowest BCUT2D eigenvalue weighted by molar-refractivity contribution is 0.0540. The zero-order valence-corrected chi connectivity index (χ0v) is 16.6. The summed E-state index contributed by atoms with van der Waals surface area (Å²) in [6.07, 6.45) is 0. The molecule has 1 aliphatic rings. The van der Waals surface area contributed by atoms with Crippen molar-refractivity contribution in [3.05, 3.63) is 105 Å². The molecule has 4 rings (SSSR count). The molecule has 2 atom stereocenters. The molecular formula is C23H19Cl2NO. The summed E-state index contributed by atoms with van der Waals surface area (Å²) in [5.74, 6) is 0.0329. The van der Waals surface area contributed by atoms with Gasteiger partial charge in [-0.3, -0.25) is 4.79 Å². The number of fused-ring (bicyclic) bond motifs is 1. The molecule has 136 valence electrons. The van der Waals surface area contributed by atoms with Gasteiger partial charge in [-0.2, -0.15) is 0 Å². The summed E-state index contributed by atoms with van der Waals surface area (Å²) in [7, 11) is 0. The van der Waals surface area contributed by atoms with Crippen LogP contribution in [0.5, 0.6) is 0 Å². The number of nitrogens with zero attached hydrogens (tertiary/aromatic N) is 1. The van der Waals surface area contributed by atoms with Crippen molar-refractivity contribution in [1.82, 2.24) is 4.90 Å². The summed E-state index contributed by atoms with van der Waals surface area (Å²) in [5.41, 5.74) is 3.25. The van der Waals surface area contributed by atoms with Crippen LogP contribution in [0.25, 0.3) is 0 Å². The molecule has 0 aromatic heterocycles. The van der Waals surface area contributed by atoms with Crippen LogP contribution in [0, 0.1) is 0 Å². The smallest absolute Gasteiger partial charge is 0.255 e. The predicted octanol–water partition coefficient (Wildman–Crippen LogP) is 6.47. The molecule has 4 heteroatoms. The molecule has 0 bridgehead atoms. The van der Waals surface area contributed by atoms with Gasteiger partial charge in [0, 0.05) is 15.6 Å². The quantitative estimate of drug-likeness (QED) is 0.497. The standard InChI is InChI=1S/C23H19Cl2NO/c1-15(16-7-11-18(24)12-8-16)26-22(27)20-5-3-4-6-21(20)23(26,2)17-9-13-19(25)14-10-17/h3-15H,1-2H3/t15-,23?/m1/s1. The van der Waals surface area contributed by atoms with Crippen LogP contribution in [-0.4, -0.2) is 10.8 Å². The van der Waals surface area contributed by atoms with Crippen LogP contribution in [0.2, 0.25) is 10.0 Å². The average molecular weight is 396 g/mol. The first kappa shape index (κ1) is 18.1. The van der Waals surface area contributed by atoms with E-state index in [1.807, 2.05) is 77.7 Å². The molecule has 3 aromatic carbocycles. The summed E-state index contributed by atoms with van der Waals surface area (Å²) in [6.45, 7) is 4.16. The Bertz CT molecular complexity index is 998. The molecule has 1 unspecified atom stereocenters. The van der Waals surface area contributed by atoms with Crippen molar-refractivity contribution in [3.8, 4) is 0 Å². The fourth-order valence-electron chi connectivity index (χ4n) is 4.08. The maximum atomic E-state index is 13.4. The van der Waals surface area contributed by atoms with Crippen LogP contribution in [0.4, 0.5) is 0 Å². The first-order valence-electron chi connectivity index (χ1n) is 8.87. The minimum Gasteiger partial charge on any atom is -0.318 e. The SMILES string of the molecule is C[C@H](c1ccc(Cl)cc1)N1C(=O)c2ccccc2C1(C)c1ccc(Cl)cc1. The van der Waals surface area contributed by atoms with E-state index in [4.69, 9.17) is 23.2 Å². The molecule has 1 amide bonds. The fourth-order valence-corrected chi connectivity index (χ4v) is 4.33. The third-order valence-corrected chi connectivity index (χ3v) is 6.03. The maximum absolute atomic E-state index is 13.4. The highest BCUT2D eigenvalue weighted by molar-refractivity contribution is 6.30. The Labute approximate surface area is 169 Å². The molecule has 0 fully saturated rings. The van der Waals surface area contributed by atoms with Gasteiger partial charge in [0.05, 0.1) is 11.6 Å². The van der Waals surface area contributed by atoms with Gasteiger partial charge in [-0.15, -0.1) is 0 Å². The Morgan fingerprint density at radius 1 is 0.852 bits per heavy atom. The summed E-state index contributed by atoms with van der Waals surface area (Å²) in [4.78, 5) is 15.4. The maximum Gasteiger partial charge on any atom is 0.255 e. The molecular weight excluding hydrogens is 377 g/mol. The molecule has 3 aromatic rings. The number of halogens is 2. The van der Waals surface area contributed by atoms with Gasteiger partial charge in [0.1, 0.15) is 0 Å². The lowest BCUT2D eigenvalue weighted by atomic mass is 9.83. The van der Waals surface area contributed by atoms with Crippen molar-refractivity contribution in [1.29, 1.82) is 0 Å². The van der Waals surface area contributed by atoms with Gasteiger partial charge in [-0.05, 0) is 60.9 Å². The van der Waals surface area contributed by atoms with Crippen LogP contribution >= 0.6 is 23.2 Å². The van der Waals surface area contributed by atoms with E-state index in [0.717, 1.165) is 22.3 Å². The lowest BCUT2D eigenvalue weighted by Crippen LogP contribution is -2.43. The van der Waals surface area contributed by atoms with Crippen molar-refractivity contribution in [3.63, 3.8) is 0 Å². The Morgan fingerprint density at radius 3 is 2.04 bits per heavy atom. The Kier molecular flexibility index (Phi) is 4.49. The van der Waals surface area contributed by atoms with E-state index in [-0.39, 0.29) is 11.9 Å². The van der Waals surface area contributed by atoms with Crippen LogP contribution in [0.3, 0.4) is 0 Å². The second-order valence-electron chi connectivity index (χ2n) is 7.03. The molecule has 1 aliphatic heterocycles. The fraction of sp³-hybridized carbons (Fsp3) is 0.174. The van der Waals surface area contributed by atoms with Crippen LogP contribution in [0.1, 0.15) is 46.9 Å². The second-order valence-corrected chi connectivity index (χ2v) is 7.90. The Hall–Kier alpha value is -2.29. The van der Waals surface area contributed by atoms with Crippen molar-refractivity contribution in [2.75, 3.05) is 0 Å². The molecule has 27 heavy (non-hydrogen) atoms. The number of benzene rings is 3. The zero-order chi connectivity index (χ0) is 19.2. The number of rotatable bonds is 3. The summed E-state index contributed by atoms with van der Waals surface area (Å²) in [6, 6.07) is 23.1. The molecule has 0 spiro atoms. The number of hydrogen-bond donors (Lipinski definition) is 0. The largest absolute Gasteiger partial charge is 0.318 e. The Balaban J connectivity index is 1.89. The number of hydrogen-bond acceptors (Lipinski definition) is 1. The van der Waals surface area contributed by atoms with Gasteiger partial charge in [0.25, 0.3) is 5.91 Å². The summed E-state index contributed by atoms with van der Waals surface area (Å²) >= 11 is 12.2. The van der Waals surface area contributed by atoms with Crippen LogP contribution in [0.15, 0.2) is 72.8 Å². The van der Waals surface area contributed by atoms with Crippen molar-refractivity contribution >= 4 is 29.1 Å². The minimum atomic E-state index is -0.586. The number of amides is 1. The van der Waals surface area contributed by atoms with Gasteiger partial charge < -0.3 is 4.90 Å². The Morgan fingerprint density at radius 2 is 1.41 bits per heavy atom. The van der Waals surface area contributed by atoms with Gasteiger partial charge in [-0.1, -0.05) is 65.7 Å². The minimum absolute atomic E-state index is 0.0329. The topological polar surface area (TPSA) is 20.3 Å². The second kappa shape index (κ2) is 6.70. The van der Waals surface area contributed by atoms with Gasteiger partial charge in [0.2, 0.25) is 0 Å². The predicted molar refractivity (Wildman–Crippen MR) is 110 cm³/mol. The molecule has 0 N–H and O–H groups in total. The highest BCUT2D eigenvalue weighted by Crippen LogP contribution is 2.48. The van der Waals surface area contributed by atoms with Crippen molar-refractivity contribution in [2.24, 2.45) is 0 Å². The van der Waals surface area contributed by atoms with E-state index >= 15 is 0 Å². The third kappa shape index (κ3) is 2.84. The molecule has 0 aliphatic carbocycles. The van der Waals surface area contributed by atoms with Gasteiger partial charge >= 0.3 is 0 Å². The average Bonchev–Trinajstić information content (AvgIpc) is 2.91. The third-order valence-electron chi connectivity index (χ3n) is 5.53. The van der Waals surface area contributed by atoms with Crippen LogP contribution < -0.4 is 0 Å². The monoisotopic (exact) mass is 395 g/mol. The van der Waals surface area contributed by atoms with E-state index in [1.54, 1.807) is 0 Å². The van der Waals surface area contributed by atoms with E-state index in [1.165, 1.54) is 0 Å². The molecule has 1 heterocycles. The van der Waals surface area contributed by atoms with Gasteiger partial charge in [0.15, 0.2) is 0 Å². The summed E-state index contributed by atoms with van der Waals surface area (Å²) < 4.78 is 0. The molecule has 0 saturated heterocycles. The molecule has 0 saturated carbocycles. The number of carbonyl (C=O) groups excluding carboxylic acids is 1. The molecule has 0 radical (unpaired) electrons. The first-order valence-corrected chi connectivity index (χ1v) is 9.63. The normalized spacial score (nSPS) is 19.9. The van der Waals surface area contributed by atoms with Crippen molar-refractivity contribution < 1.29 is 4.79 Å². The van der Waals surface area contributed by atoms with Crippen molar-refractivity contribution in [2.45, 2.75) is 25.4 Å². The van der Waals surface area contributed by atoms with Gasteiger partial charge in [-0.25, -0.2) is 0 Å². The summed E-state index contributed by atoms with van der Waals surface area (Å²) in [5, 5.41) is 1.36. The van der Waals surface area contributed by atoms with Crippen LogP contribution in [-0.2, 0) is 5.54 Å².